The fourth-order valence-corrected chi connectivity index (χ4v) is 2.23. The SMILES string of the molecule is O=C(c1ccncc1)c1cccc2c1OCCC2. The third-order valence-electron chi connectivity index (χ3n) is 3.12. The fourth-order valence-electron chi connectivity index (χ4n) is 2.23. The summed E-state index contributed by atoms with van der Waals surface area (Å²) in [7, 11) is 0. The summed E-state index contributed by atoms with van der Waals surface area (Å²) in [5, 5.41) is 0. The summed E-state index contributed by atoms with van der Waals surface area (Å²) in [6.45, 7) is 0.688. The molecule has 1 aromatic heterocycles. The Bertz CT molecular complexity index is 578. The van der Waals surface area contributed by atoms with Crippen LogP contribution < -0.4 is 4.74 Å². The van der Waals surface area contributed by atoms with Gasteiger partial charge in [0.2, 0.25) is 0 Å². The zero-order valence-electron chi connectivity index (χ0n) is 9.93. The lowest BCUT2D eigenvalue weighted by atomic mass is 9.97. The maximum Gasteiger partial charge on any atom is 0.196 e. The van der Waals surface area contributed by atoms with Crippen molar-refractivity contribution in [3.05, 3.63) is 59.4 Å². The van der Waals surface area contributed by atoms with Gasteiger partial charge in [0.1, 0.15) is 5.75 Å². The van der Waals surface area contributed by atoms with Gasteiger partial charge >= 0.3 is 0 Å². The van der Waals surface area contributed by atoms with Crippen molar-refractivity contribution in [1.29, 1.82) is 0 Å². The van der Waals surface area contributed by atoms with E-state index in [1.807, 2.05) is 18.2 Å². The van der Waals surface area contributed by atoms with Crippen molar-refractivity contribution in [3.8, 4) is 5.75 Å². The molecule has 90 valence electrons. The van der Waals surface area contributed by atoms with Gasteiger partial charge in [-0.25, -0.2) is 0 Å². The third kappa shape index (κ3) is 1.88. The normalized spacial score (nSPS) is 13.6. The zero-order chi connectivity index (χ0) is 12.4. The van der Waals surface area contributed by atoms with E-state index in [-0.39, 0.29) is 5.78 Å². The van der Waals surface area contributed by atoms with E-state index >= 15 is 0 Å². The molecule has 0 N–H and O–H groups in total. The van der Waals surface area contributed by atoms with Gasteiger partial charge in [0, 0.05) is 18.0 Å². The monoisotopic (exact) mass is 239 g/mol. The molecule has 3 heteroatoms. The second-order valence-corrected chi connectivity index (χ2v) is 4.31. The maximum atomic E-state index is 12.4. The van der Waals surface area contributed by atoms with Crippen LogP contribution in [0.3, 0.4) is 0 Å². The molecule has 1 aliphatic rings. The standard InChI is InChI=1S/C15H13NO2/c17-14(11-6-8-16-9-7-11)13-5-1-3-12-4-2-10-18-15(12)13/h1,3,5-9H,2,4,10H2. The average Bonchev–Trinajstić information content (AvgIpc) is 2.47. The molecule has 2 aromatic rings. The van der Waals surface area contributed by atoms with E-state index in [1.165, 1.54) is 0 Å². The lowest BCUT2D eigenvalue weighted by Gasteiger charge is -2.19. The van der Waals surface area contributed by atoms with E-state index in [2.05, 4.69) is 4.98 Å². The number of benzene rings is 1. The van der Waals surface area contributed by atoms with Crippen molar-refractivity contribution in [2.24, 2.45) is 0 Å². The molecule has 0 spiro atoms. The highest BCUT2D eigenvalue weighted by atomic mass is 16.5. The van der Waals surface area contributed by atoms with Gasteiger partial charge in [-0.2, -0.15) is 0 Å². The molecule has 0 unspecified atom stereocenters. The molecular weight excluding hydrogens is 226 g/mol. The fraction of sp³-hybridized carbons (Fsp3) is 0.200. The van der Waals surface area contributed by atoms with Crippen LogP contribution in [0.25, 0.3) is 0 Å². The van der Waals surface area contributed by atoms with Gasteiger partial charge in [-0.1, -0.05) is 12.1 Å². The molecule has 1 aromatic carbocycles. The lowest BCUT2D eigenvalue weighted by molar-refractivity contribution is 0.103. The summed E-state index contributed by atoms with van der Waals surface area (Å²) in [4.78, 5) is 16.3. The number of nitrogens with zero attached hydrogens (tertiary/aromatic N) is 1. The van der Waals surface area contributed by atoms with Crippen molar-refractivity contribution in [1.82, 2.24) is 4.98 Å². The average molecular weight is 239 g/mol. The molecule has 0 saturated carbocycles. The Morgan fingerprint density at radius 3 is 2.83 bits per heavy atom. The quantitative estimate of drug-likeness (QED) is 0.756. The first kappa shape index (κ1) is 11.0. The molecule has 0 radical (unpaired) electrons. The smallest absolute Gasteiger partial charge is 0.196 e. The molecule has 0 atom stereocenters. The molecule has 1 aliphatic heterocycles. The Morgan fingerprint density at radius 2 is 2.00 bits per heavy atom. The van der Waals surface area contributed by atoms with Gasteiger partial charge in [-0.3, -0.25) is 9.78 Å². The predicted octanol–water partition coefficient (Wildman–Crippen LogP) is 2.64. The zero-order valence-corrected chi connectivity index (χ0v) is 9.93. The number of hydrogen-bond donors (Lipinski definition) is 0. The number of fused-ring (bicyclic) bond motifs is 1. The van der Waals surface area contributed by atoms with Crippen molar-refractivity contribution in [3.63, 3.8) is 0 Å². The van der Waals surface area contributed by atoms with E-state index in [4.69, 9.17) is 4.74 Å². The molecule has 0 fully saturated rings. The number of aromatic nitrogens is 1. The van der Waals surface area contributed by atoms with Gasteiger partial charge in [-0.05, 0) is 36.6 Å². The summed E-state index contributed by atoms with van der Waals surface area (Å²) < 4.78 is 5.66. The molecule has 2 heterocycles. The Hall–Kier alpha value is -2.16. The van der Waals surface area contributed by atoms with E-state index in [0.717, 1.165) is 24.2 Å². The van der Waals surface area contributed by atoms with E-state index < -0.39 is 0 Å². The van der Waals surface area contributed by atoms with Crippen molar-refractivity contribution < 1.29 is 9.53 Å². The second kappa shape index (κ2) is 4.61. The molecule has 0 bridgehead atoms. The number of para-hydroxylation sites is 1. The number of hydrogen-bond acceptors (Lipinski definition) is 3. The number of aryl methyl sites for hydroxylation is 1. The summed E-state index contributed by atoms with van der Waals surface area (Å²) in [6.07, 6.45) is 5.25. The van der Waals surface area contributed by atoms with Crippen molar-refractivity contribution >= 4 is 5.78 Å². The van der Waals surface area contributed by atoms with Crippen LogP contribution >= 0.6 is 0 Å². The highest BCUT2D eigenvalue weighted by Gasteiger charge is 2.19. The highest BCUT2D eigenvalue weighted by molar-refractivity contribution is 6.10. The molecule has 18 heavy (non-hydrogen) atoms. The van der Waals surface area contributed by atoms with Crippen LogP contribution in [0.1, 0.15) is 27.9 Å². The van der Waals surface area contributed by atoms with Crippen LogP contribution in [-0.2, 0) is 6.42 Å². The van der Waals surface area contributed by atoms with Gasteiger partial charge in [-0.15, -0.1) is 0 Å². The molecule has 3 rings (SSSR count). The van der Waals surface area contributed by atoms with Crippen molar-refractivity contribution in [2.75, 3.05) is 6.61 Å². The first-order valence-electron chi connectivity index (χ1n) is 6.05. The predicted molar refractivity (Wildman–Crippen MR) is 67.9 cm³/mol. The van der Waals surface area contributed by atoms with E-state index in [0.29, 0.717) is 17.7 Å². The molecular formula is C15H13NO2. The topological polar surface area (TPSA) is 39.2 Å². The number of ether oxygens (including phenoxy) is 1. The summed E-state index contributed by atoms with van der Waals surface area (Å²) >= 11 is 0. The molecule has 0 saturated heterocycles. The van der Waals surface area contributed by atoms with Crippen molar-refractivity contribution in [2.45, 2.75) is 12.8 Å². The Kier molecular flexibility index (Phi) is 2.81. The van der Waals surface area contributed by atoms with Gasteiger partial charge in [0.25, 0.3) is 0 Å². The largest absolute Gasteiger partial charge is 0.493 e. The summed E-state index contributed by atoms with van der Waals surface area (Å²) in [5.74, 6) is 0.752. The summed E-state index contributed by atoms with van der Waals surface area (Å²) in [6, 6.07) is 9.22. The van der Waals surface area contributed by atoms with Crippen LogP contribution in [0.5, 0.6) is 5.75 Å². The number of ketones is 1. The van der Waals surface area contributed by atoms with Gasteiger partial charge in [0.05, 0.1) is 12.2 Å². The maximum absolute atomic E-state index is 12.4. The van der Waals surface area contributed by atoms with Crippen LogP contribution in [0, 0.1) is 0 Å². The Morgan fingerprint density at radius 1 is 1.17 bits per heavy atom. The highest BCUT2D eigenvalue weighted by Crippen LogP contribution is 2.30. The van der Waals surface area contributed by atoms with E-state index in [1.54, 1.807) is 24.5 Å². The lowest BCUT2D eigenvalue weighted by Crippen LogP contribution is -2.13. The number of rotatable bonds is 2. The minimum absolute atomic E-state index is 0.00356. The van der Waals surface area contributed by atoms with Gasteiger partial charge < -0.3 is 4.74 Å². The van der Waals surface area contributed by atoms with Crippen LogP contribution in [0.15, 0.2) is 42.7 Å². The number of carbonyl (C=O) groups excluding carboxylic acids is 1. The summed E-state index contributed by atoms with van der Waals surface area (Å²) in [5.41, 5.74) is 2.42. The van der Waals surface area contributed by atoms with Crippen LogP contribution in [0.2, 0.25) is 0 Å². The molecule has 0 aliphatic carbocycles. The number of pyridine rings is 1. The van der Waals surface area contributed by atoms with Gasteiger partial charge in [0.15, 0.2) is 5.78 Å². The molecule has 3 nitrogen and oxygen atoms in total. The first-order chi connectivity index (χ1) is 8.86. The second-order valence-electron chi connectivity index (χ2n) is 4.31. The minimum atomic E-state index is -0.00356. The molecule has 0 amide bonds. The minimum Gasteiger partial charge on any atom is -0.493 e. The Labute approximate surface area is 105 Å². The number of carbonyl (C=O) groups is 1. The van der Waals surface area contributed by atoms with Crippen LogP contribution in [-0.4, -0.2) is 17.4 Å². The third-order valence-corrected chi connectivity index (χ3v) is 3.12. The van der Waals surface area contributed by atoms with Crippen LogP contribution in [0.4, 0.5) is 0 Å². The van der Waals surface area contributed by atoms with E-state index in [9.17, 15) is 4.79 Å². The Balaban J connectivity index is 2.05. The first-order valence-corrected chi connectivity index (χ1v) is 6.05.